The molecule has 0 fully saturated rings. The largest absolute Gasteiger partial charge is 0.465 e. The second-order valence-electron chi connectivity index (χ2n) is 13.0. The molecule has 4 heterocycles. The Bertz CT molecular complexity index is 3320. The number of hydrogen-bond acceptors (Lipinski definition) is 8. The van der Waals surface area contributed by atoms with Gasteiger partial charge in [0.2, 0.25) is 0 Å². The van der Waals surface area contributed by atoms with Gasteiger partial charge in [0.25, 0.3) is 11.1 Å². The van der Waals surface area contributed by atoms with E-state index in [0.29, 0.717) is 66.0 Å². The molecule has 0 unspecified atom stereocenters. The summed E-state index contributed by atoms with van der Waals surface area (Å²) in [5.41, 5.74) is 5.28. The summed E-state index contributed by atoms with van der Waals surface area (Å²) < 4.78 is 8.19. The van der Waals surface area contributed by atoms with E-state index in [1.165, 1.54) is 7.11 Å². The summed E-state index contributed by atoms with van der Waals surface area (Å²) in [5, 5.41) is 16.4. The Labute approximate surface area is 280 Å². The number of fused-ring (bicyclic) bond motifs is 10. The highest BCUT2D eigenvalue weighted by molar-refractivity contribution is 6.28. The lowest BCUT2D eigenvalue weighted by atomic mass is 9.96. The number of rotatable bonds is 3. The minimum absolute atomic E-state index is 0.248. The summed E-state index contributed by atoms with van der Waals surface area (Å²) >= 11 is 0. The summed E-state index contributed by atoms with van der Waals surface area (Å²) in [5.74, 6) is -0.794. The van der Waals surface area contributed by atoms with Crippen LogP contribution >= 0.6 is 0 Å². The van der Waals surface area contributed by atoms with Crippen molar-refractivity contribution in [3.05, 3.63) is 116 Å². The maximum absolute atomic E-state index is 14.3. The van der Waals surface area contributed by atoms with Crippen LogP contribution < -0.4 is 11.1 Å². The first-order chi connectivity index (χ1) is 24.2. The van der Waals surface area contributed by atoms with Gasteiger partial charge < -0.3 is 9.84 Å². The number of esters is 1. The number of benzene rings is 6. The number of ketones is 1. The molecule has 0 aliphatic carbocycles. The van der Waals surface area contributed by atoms with Gasteiger partial charge in [-0.25, -0.2) is 14.8 Å². The zero-order chi connectivity index (χ0) is 34.3. The first-order valence-electron chi connectivity index (χ1n) is 16.0. The Morgan fingerprint density at radius 1 is 0.640 bits per heavy atom. The van der Waals surface area contributed by atoms with Gasteiger partial charge in [-0.15, -0.1) is 0 Å². The monoisotopic (exact) mass is 656 g/mol. The van der Waals surface area contributed by atoms with Gasteiger partial charge in [0.15, 0.2) is 5.78 Å². The van der Waals surface area contributed by atoms with Crippen LogP contribution in [0.25, 0.3) is 87.2 Å². The van der Waals surface area contributed by atoms with Crippen molar-refractivity contribution in [2.75, 3.05) is 13.7 Å². The Balaban J connectivity index is 1.29. The average Bonchev–Trinajstić information content (AvgIpc) is 3.68. The van der Waals surface area contributed by atoms with E-state index >= 15 is 0 Å². The van der Waals surface area contributed by atoms with Crippen LogP contribution in [0.15, 0.2) is 82.4 Å². The molecule has 0 radical (unpaired) electrons. The van der Waals surface area contributed by atoms with Crippen LogP contribution in [-0.2, 0) is 4.74 Å². The normalized spacial score (nSPS) is 12.4. The van der Waals surface area contributed by atoms with Crippen LogP contribution in [-0.4, -0.2) is 49.3 Å². The van der Waals surface area contributed by atoms with Crippen LogP contribution in [0.4, 0.5) is 0 Å². The molecular weight excluding hydrogens is 632 g/mol. The highest BCUT2D eigenvalue weighted by Gasteiger charge is 2.23. The molecule has 0 atom stereocenters. The third kappa shape index (κ3) is 3.49. The van der Waals surface area contributed by atoms with Crippen LogP contribution in [0.3, 0.4) is 0 Å². The van der Waals surface area contributed by atoms with Crippen molar-refractivity contribution >= 4 is 99.0 Å². The number of pyridine rings is 2. The Morgan fingerprint density at radius 3 is 1.60 bits per heavy atom. The quantitative estimate of drug-likeness (QED) is 0.135. The Hall–Kier alpha value is -6.52. The van der Waals surface area contributed by atoms with Crippen molar-refractivity contribution in [2.45, 2.75) is 13.8 Å². The zero-order valence-electron chi connectivity index (χ0n) is 26.9. The number of aliphatic hydroxyl groups excluding tert-OH is 1. The van der Waals surface area contributed by atoms with Crippen molar-refractivity contribution in [2.24, 2.45) is 0 Å². The molecule has 10 heteroatoms. The van der Waals surface area contributed by atoms with E-state index in [9.17, 15) is 24.3 Å². The van der Waals surface area contributed by atoms with Crippen molar-refractivity contribution in [1.29, 1.82) is 0 Å². The average molecular weight is 657 g/mol. The number of Topliss-reactive ketones (excluding diaryl/α,β-unsaturated/α-hetero) is 1. The van der Waals surface area contributed by atoms with Crippen LogP contribution in [0.1, 0.15) is 31.8 Å². The summed E-state index contributed by atoms with van der Waals surface area (Å²) in [6, 6.07) is 22.1. The molecule has 0 saturated carbocycles. The van der Waals surface area contributed by atoms with Gasteiger partial charge in [0.05, 0.1) is 34.7 Å². The number of aryl methyl sites for hydroxylation is 2. The van der Waals surface area contributed by atoms with Gasteiger partial charge in [-0.1, -0.05) is 12.1 Å². The third-order valence-corrected chi connectivity index (χ3v) is 10.3. The molecule has 10 rings (SSSR count). The van der Waals surface area contributed by atoms with Crippen LogP contribution in [0.5, 0.6) is 0 Å². The second-order valence-corrected chi connectivity index (χ2v) is 13.0. The number of nitrogens with zero attached hydrogens (tertiary/aromatic N) is 4. The SMILES string of the molecule is COC(=O)c1cc2cc3nc4c5ccc6c7c(ccc(c(=O)n4c3cc2cc1C)c57)c(=O)n1c2cc3cc(C(=O)CO)c(C)cc3cc2nc61. The third-order valence-electron chi connectivity index (χ3n) is 10.3. The van der Waals surface area contributed by atoms with E-state index in [4.69, 9.17) is 14.7 Å². The van der Waals surface area contributed by atoms with Gasteiger partial charge in [-0.05, 0) is 107 Å². The molecule has 0 aliphatic rings. The van der Waals surface area contributed by atoms with E-state index in [2.05, 4.69) is 0 Å². The Kier molecular flexibility index (Phi) is 5.44. The number of aromatic nitrogens is 4. The van der Waals surface area contributed by atoms with Crippen LogP contribution in [0.2, 0.25) is 0 Å². The molecule has 0 amide bonds. The maximum Gasteiger partial charge on any atom is 0.338 e. The molecule has 0 saturated heterocycles. The summed E-state index contributed by atoms with van der Waals surface area (Å²) in [6.07, 6.45) is 0. The van der Waals surface area contributed by atoms with E-state index in [-0.39, 0.29) is 16.9 Å². The molecule has 0 spiro atoms. The highest BCUT2D eigenvalue weighted by Crippen LogP contribution is 2.38. The number of carbonyl (C=O) groups excluding carboxylic acids is 2. The first-order valence-corrected chi connectivity index (χ1v) is 16.0. The molecular formula is C40H24N4O6. The molecule has 6 aromatic carbocycles. The van der Waals surface area contributed by atoms with Crippen molar-refractivity contribution < 1.29 is 19.4 Å². The number of carbonyl (C=O) groups is 2. The lowest BCUT2D eigenvalue weighted by molar-refractivity contribution is 0.0600. The first kappa shape index (κ1) is 28.5. The summed E-state index contributed by atoms with van der Waals surface area (Å²) in [7, 11) is 1.35. The van der Waals surface area contributed by atoms with E-state index in [1.54, 1.807) is 33.1 Å². The van der Waals surface area contributed by atoms with Crippen molar-refractivity contribution in [3.63, 3.8) is 0 Å². The molecule has 0 bridgehead atoms. The predicted molar refractivity (Wildman–Crippen MR) is 194 cm³/mol. The summed E-state index contributed by atoms with van der Waals surface area (Å²) in [6.45, 7) is 3.08. The lowest BCUT2D eigenvalue weighted by Gasteiger charge is -2.12. The molecule has 4 aromatic heterocycles. The number of aliphatic hydroxyl groups is 1. The number of imidazole rings is 2. The molecule has 0 aliphatic heterocycles. The van der Waals surface area contributed by atoms with Crippen molar-refractivity contribution in [3.8, 4) is 0 Å². The molecule has 10 nitrogen and oxygen atoms in total. The van der Waals surface area contributed by atoms with Gasteiger partial charge in [0, 0.05) is 37.9 Å². The second kappa shape index (κ2) is 9.55. The van der Waals surface area contributed by atoms with E-state index in [0.717, 1.165) is 43.4 Å². The van der Waals surface area contributed by atoms with Gasteiger partial charge in [0.1, 0.15) is 17.9 Å². The number of hydrogen-bond donors (Lipinski definition) is 1. The molecule has 240 valence electrons. The van der Waals surface area contributed by atoms with Crippen molar-refractivity contribution in [1.82, 2.24) is 18.8 Å². The molecule has 10 aromatic rings. The highest BCUT2D eigenvalue weighted by atomic mass is 16.5. The predicted octanol–water partition coefficient (Wildman–Crippen LogP) is 6.23. The van der Waals surface area contributed by atoms with Gasteiger partial charge >= 0.3 is 5.97 Å². The fourth-order valence-corrected chi connectivity index (χ4v) is 7.93. The number of ether oxygens (including phenoxy) is 1. The van der Waals surface area contributed by atoms with Gasteiger partial charge in [-0.3, -0.25) is 23.2 Å². The molecule has 50 heavy (non-hydrogen) atoms. The fraction of sp³-hybridized carbons (Fsp3) is 0.100. The maximum atomic E-state index is 14.3. The van der Waals surface area contributed by atoms with Gasteiger partial charge in [-0.2, -0.15) is 0 Å². The smallest absolute Gasteiger partial charge is 0.338 e. The van der Waals surface area contributed by atoms with E-state index < -0.39 is 12.6 Å². The minimum atomic E-state index is -0.590. The lowest BCUT2D eigenvalue weighted by Crippen LogP contribution is -2.16. The fourth-order valence-electron chi connectivity index (χ4n) is 7.93. The van der Waals surface area contributed by atoms with Crippen LogP contribution in [0, 0.1) is 13.8 Å². The Morgan fingerprint density at radius 2 is 1.08 bits per heavy atom. The summed E-state index contributed by atoms with van der Waals surface area (Å²) in [4.78, 5) is 63.3. The van der Waals surface area contributed by atoms with E-state index in [1.807, 2.05) is 62.4 Å². The topological polar surface area (TPSA) is 132 Å². The standard InChI is InChI=1S/C40H24N4O6/c1-17-8-19-12-29-32(15-22(19)10-27(17)33(46)16-45)44-36(41-29)23-4-5-24-35-25(6-7-26(34(23)35)39(44)48)38(47)43-31-14-20-9-18(2)28(40(49)50-3)11-21(20)13-30(31)42-37(24)43/h4-15,45H,16H2,1-3H3. The zero-order valence-corrected chi connectivity index (χ0v) is 26.9. The molecule has 1 N–H and O–H groups in total. The number of methoxy groups -OCH3 is 1. The minimum Gasteiger partial charge on any atom is -0.465 e.